The molecule has 0 aliphatic carbocycles. The molecular formula is C19H38O6. The second-order valence-corrected chi connectivity index (χ2v) is 6.85. The molecule has 0 bridgehead atoms. The van der Waals surface area contributed by atoms with Crippen LogP contribution in [0.2, 0.25) is 0 Å². The maximum absolute atomic E-state index is 11.4. The number of ether oxygens (including phenoxy) is 4. The number of methoxy groups -OCH3 is 1. The zero-order valence-corrected chi connectivity index (χ0v) is 16.4. The van der Waals surface area contributed by atoms with E-state index in [1.165, 1.54) is 7.11 Å². The van der Waals surface area contributed by atoms with Gasteiger partial charge in [0.05, 0.1) is 6.61 Å². The van der Waals surface area contributed by atoms with Crippen molar-refractivity contribution in [3.8, 4) is 0 Å². The van der Waals surface area contributed by atoms with Crippen LogP contribution in [0, 0.1) is 0 Å². The Labute approximate surface area is 152 Å². The second kappa shape index (κ2) is 12.2. The molecule has 1 rings (SSSR count). The predicted molar refractivity (Wildman–Crippen MR) is 96.5 cm³/mol. The lowest BCUT2D eigenvalue weighted by Gasteiger charge is -2.50. The van der Waals surface area contributed by atoms with Crippen molar-refractivity contribution in [3.63, 3.8) is 0 Å². The van der Waals surface area contributed by atoms with Gasteiger partial charge in [-0.05, 0) is 19.3 Å². The standard InChI is InChI=1S/C19H38O6/c1-5-8-11-19(21)17(24-13-10-7-3)16(23-12-9-6-2)15(14-20)25-18(19)22-4/h15-18,20-21H,5-14H2,1-4H3/t15-,16-,17+,18+,19-/m1/s1. The van der Waals surface area contributed by atoms with Gasteiger partial charge in [-0.2, -0.15) is 0 Å². The quantitative estimate of drug-likeness (QED) is 0.491. The van der Waals surface area contributed by atoms with Gasteiger partial charge >= 0.3 is 0 Å². The average Bonchev–Trinajstić information content (AvgIpc) is 2.62. The van der Waals surface area contributed by atoms with E-state index in [1.54, 1.807) is 0 Å². The largest absolute Gasteiger partial charge is 0.394 e. The van der Waals surface area contributed by atoms with Gasteiger partial charge in [-0.3, -0.25) is 0 Å². The summed E-state index contributed by atoms with van der Waals surface area (Å²) < 4.78 is 23.4. The summed E-state index contributed by atoms with van der Waals surface area (Å²) in [6, 6.07) is 0. The molecule has 1 saturated heterocycles. The van der Waals surface area contributed by atoms with Gasteiger partial charge < -0.3 is 29.2 Å². The predicted octanol–water partition coefficient (Wildman–Crippen LogP) is 2.64. The van der Waals surface area contributed by atoms with Crippen molar-refractivity contribution in [2.75, 3.05) is 26.9 Å². The Bertz CT molecular complexity index is 340. The van der Waals surface area contributed by atoms with Crippen molar-refractivity contribution in [1.82, 2.24) is 0 Å². The molecule has 0 amide bonds. The Morgan fingerprint density at radius 1 is 0.960 bits per heavy atom. The fraction of sp³-hybridized carbons (Fsp3) is 1.00. The zero-order chi connectivity index (χ0) is 18.7. The van der Waals surface area contributed by atoms with E-state index in [9.17, 15) is 10.2 Å². The molecule has 0 unspecified atom stereocenters. The molecule has 0 aromatic carbocycles. The molecule has 6 nitrogen and oxygen atoms in total. The Kier molecular flexibility index (Phi) is 11.1. The molecule has 0 radical (unpaired) electrons. The first-order chi connectivity index (χ1) is 12.1. The Morgan fingerprint density at radius 2 is 1.56 bits per heavy atom. The van der Waals surface area contributed by atoms with Crippen LogP contribution >= 0.6 is 0 Å². The van der Waals surface area contributed by atoms with E-state index < -0.39 is 30.2 Å². The van der Waals surface area contributed by atoms with Gasteiger partial charge in [0.15, 0.2) is 6.29 Å². The van der Waals surface area contributed by atoms with Crippen LogP contribution in [-0.4, -0.2) is 67.3 Å². The van der Waals surface area contributed by atoms with Gasteiger partial charge in [-0.1, -0.05) is 46.5 Å². The van der Waals surface area contributed by atoms with E-state index in [2.05, 4.69) is 20.8 Å². The third kappa shape index (κ3) is 6.15. The van der Waals surface area contributed by atoms with Crippen LogP contribution < -0.4 is 0 Å². The van der Waals surface area contributed by atoms with Crippen LogP contribution in [0.3, 0.4) is 0 Å². The Hall–Kier alpha value is -0.240. The van der Waals surface area contributed by atoms with Crippen molar-refractivity contribution in [3.05, 3.63) is 0 Å². The molecule has 6 heteroatoms. The summed E-state index contributed by atoms with van der Waals surface area (Å²) in [5.41, 5.74) is -1.29. The van der Waals surface area contributed by atoms with Crippen LogP contribution in [0.1, 0.15) is 65.7 Å². The molecule has 150 valence electrons. The molecule has 0 aromatic rings. The molecule has 5 atom stereocenters. The minimum absolute atomic E-state index is 0.200. The molecule has 1 aliphatic heterocycles. The van der Waals surface area contributed by atoms with Crippen LogP contribution in [-0.2, 0) is 18.9 Å². The number of hydrogen-bond acceptors (Lipinski definition) is 6. The third-order valence-corrected chi connectivity index (χ3v) is 4.79. The van der Waals surface area contributed by atoms with E-state index in [4.69, 9.17) is 18.9 Å². The molecule has 1 heterocycles. The fourth-order valence-corrected chi connectivity index (χ4v) is 3.25. The molecule has 1 aliphatic rings. The zero-order valence-electron chi connectivity index (χ0n) is 16.4. The van der Waals surface area contributed by atoms with Gasteiger partial charge in [-0.15, -0.1) is 0 Å². The Balaban J connectivity index is 3.04. The lowest BCUT2D eigenvalue weighted by atomic mass is 9.82. The summed E-state index contributed by atoms with van der Waals surface area (Å²) in [7, 11) is 1.51. The van der Waals surface area contributed by atoms with Crippen LogP contribution in [0.15, 0.2) is 0 Å². The molecule has 1 fully saturated rings. The van der Waals surface area contributed by atoms with Crippen molar-refractivity contribution in [2.45, 2.75) is 95.9 Å². The maximum Gasteiger partial charge on any atom is 0.189 e. The van der Waals surface area contributed by atoms with E-state index in [0.29, 0.717) is 19.6 Å². The monoisotopic (exact) mass is 362 g/mol. The summed E-state index contributed by atoms with van der Waals surface area (Å²) in [5.74, 6) is 0. The van der Waals surface area contributed by atoms with Crippen molar-refractivity contribution >= 4 is 0 Å². The molecule has 2 N–H and O–H groups in total. The van der Waals surface area contributed by atoms with Crippen LogP contribution in [0.5, 0.6) is 0 Å². The van der Waals surface area contributed by atoms with Gasteiger partial charge in [0.25, 0.3) is 0 Å². The van der Waals surface area contributed by atoms with E-state index >= 15 is 0 Å². The Morgan fingerprint density at radius 3 is 2.08 bits per heavy atom. The van der Waals surface area contributed by atoms with E-state index in [0.717, 1.165) is 38.5 Å². The van der Waals surface area contributed by atoms with Gasteiger partial charge in [0, 0.05) is 20.3 Å². The maximum atomic E-state index is 11.4. The summed E-state index contributed by atoms with van der Waals surface area (Å²) in [6.45, 7) is 7.16. The number of aliphatic hydroxyl groups excluding tert-OH is 1. The molecular weight excluding hydrogens is 324 g/mol. The molecule has 0 aromatic heterocycles. The fourth-order valence-electron chi connectivity index (χ4n) is 3.25. The van der Waals surface area contributed by atoms with E-state index in [-0.39, 0.29) is 6.61 Å². The first-order valence-electron chi connectivity index (χ1n) is 9.83. The second-order valence-electron chi connectivity index (χ2n) is 6.85. The van der Waals surface area contributed by atoms with Crippen LogP contribution in [0.25, 0.3) is 0 Å². The molecule has 0 saturated carbocycles. The van der Waals surface area contributed by atoms with Crippen LogP contribution in [0.4, 0.5) is 0 Å². The van der Waals surface area contributed by atoms with Gasteiger partial charge in [0.1, 0.15) is 23.9 Å². The third-order valence-electron chi connectivity index (χ3n) is 4.79. The SMILES string of the molecule is CCCCO[C@@H]1[C@@H](CO)O[C@H](OC)[C@@](O)(CCCC)[C@H]1OCCCC. The highest BCUT2D eigenvalue weighted by atomic mass is 16.7. The lowest BCUT2D eigenvalue weighted by molar-refractivity contribution is -0.349. The van der Waals surface area contributed by atoms with Gasteiger partial charge in [-0.25, -0.2) is 0 Å². The summed E-state index contributed by atoms with van der Waals surface area (Å²) >= 11 is 0. The summed E-state index contributed by atoms with van der Waals surface area (Å²) in [4.78, 5) is 0. The minimum Gasteiger partial charge on any atom is -0.394 e. The highest BCUT2D eigenvalue weighted by Crippen LogP contribution is 2.37. The average molecular weight is 363 g/mol. The first kappa shape index (κ1) is 22.8. The first-order valence-corrected chi connectivity index (χ1v) is 9.83. The number of hydrogen-bond donors (Lipinski definition) is 2. The highest BCUT2D eigenvalue weighted by Gasteiger charge is 2.56. The topological polar surface area (TPSA) is 77.4 Å². The van der Waals surface area contributed by atoms with Gasteiger partial charge in [0.2, 0.25) is 0 Å². The lowest BCUT2D eigenvalue weighted by Crippen LogP contribution is -2.68. The van der Waals surface area contributed by atoms with Crippen molar-refractivity contribution in [2.24, 2.45) is 0 Å². The van der Waals surface area contributed by atoms with Crippen molar-refractivity contribution in [1.29, 1.82) is 0 Å². The minimum atomic E-state index is -1.29. The van der Waals surface area contributed by atoms with E-state index in [1.807, 2.05) is 0 Å². The number of aliphatic hydroxyl groups is 2. The smallest absolute Gasteiger partial charge is 0.189 e. The molecule has 25 heavy (non-hydrogen) atoms. The number of rotatable bonds is 13. The van der Waals surface area contributed by atoms with Crippen molar-refractivity contribution < 1.29 is 29.2 Å². The summed E-state index contributed by atoms with van der Waals surface area (Å²) in [5, 5.41) is 21.2. The highest BCUT2D eigenvalue weighted by molar-refractivity contribution is 5.02. The molecule has 0 spiro atoms. The number of unbranched alkanes of at least 4 members (excludes halogenated alkanes) is 3. The summed E-state index contributed by atoms with van der Waals surface area (Å²) in [6.07, 6.45) is 3.62. The normalized spacial score (nSPS) is 32.9.